The predicted octanol–water partition coefficient (Wildman–Crippen LogP) is 5.21. The molecule has 2 heterocycles. The molecule has 2 aromatic carbocycles. The summed E-state index contributed by atoms with van der Waals surface area (Å²) < 4.78 is 0. The van der Waals surface area contributed by atoms with Crippen molar-refractivity contribution in [3.8, 4) is 11.3 Å². The molecule has 0 bridgehead atoms. The van der Waals surface area contributed by atoms with Gasteiger partial charge in [0.2, 0.25) is 5.13 Å². The number of amides is 1. The highest BCUT2D eigenvalue weighted by Gasteiger charge is 2.36. The lowest BCUT2D eigenvalue weighted by Gasteiger charge is -2.08. The molecule has 0 N–H and O–H groups in total. The molecule has 10 heteroatoms. The van der Waals surface area contributed by atoms with Crippen molar-refractivity contribution in [1.29, 1.82) is 0 Å². The van der Waals surface area contributed by atoms with Crippen LogP contribution in [0.15, 0.2) is 63.2 Å². The number of aryl methyl sites for hydroxylation is 2. The lowest BCUT2D eigenvalue weighted by atomic mass is 10.1. The minimum atomic E-state index is -0.814. The average Bonchev–Trinajstić information content (AvgIpc) is 3.33. The number of non-ortho nitro benzene ring substituents is 1. The van der Waals surface area contributed by atoms with Crippen molar-refractivity contribution in [2.45, 2.75) is 26.8 Å². The number of nitrogens with zero attached hydrogens (tertiary/aromatic N) is 6. The third kappa shape index (κ3) is 4.10. The maximum Gasteiger partial charge on any atom is 0.282 e. The van der Waals surface area contributed by atoms with Crippen molar-refractivity contribution in [3.05, 3.63) is 69.1 Å². The first kappa shape index (κ1) is 20.5. The average molecular weight is 434 g/mol. The SMILES string of the molecule is CC1=NN(c2nc(-c3cccc([N+](=O)[O-])c3)cs2)C(=O)C1N=Nc1ccc(C)cc1C. The summed E-state index contributed by atoms with van der Waals surface area (Å²) in [5.74, 6) is -0.342. The molecule has 0 saturated carbocycles. The van der Waals surface area contributed by atoms with Crippen LogP contribution in [-0.4, -0.2) is 27.6 Å². The van der Waals surface area contributed by atoms with E-state index in [0.29, 0.717) is 27.8 Å². The van der Waals surface area contributed by atoms with Crippen LogP contribution in [0.2, 0.25) is 0 Å². The van der Waals surface area contributed by atoms with Crippen LogP contribution in [0.3, 0.4) is 0 Å². The molecule has 1 unspecified atom stereocenters. The van der Waals surface area contributed by atoms with E-state index >= 15 is 0 Å². The Bertz CT molecular complexity index is 1250. The number of azo groups is 1. The van der Waals surface area contributed by atoms with E-state index in [2.05, 4.69) is 20.3 Å². The molecule has 1 atom stereocenters. The zero-order valence-corrected chi connectivity index (χ0v) is 17.8. The van der Waals surface area contributed by atoms with Crippen LogP contribution in [0, 0.1) is 24.0 Å². The van der Waals surface area contributed by atoms with Crippen molar-refractivity contribution in [2.24, 2.45) is 15.3 Å². The van der Waals surface area contributed by atoms with E-state index in [9.17, 15) is 14.9 Å². The van der Waals surface area contributed by atoms with Crippen LogP contribution in [-0.2, 0) is 4.79 Å². The molecule has 0 fully saturated rings. The highest BCUT2D eigenvalue weighted by atomic mass is 32.1. The monoisotopic (exact) mass is 434 g/mol. The topological polar surface area (TPSA) is 113 Å². The maximum atomic E-state index is 12.9. The Hall–Kier alpha value is -3.79. The first-order valence-electron chi connectivity index (χ1n) is 9.41. The molecule has 1 aliphatic rings. The van der Waals surface area contributed by atoms with Crippen LogP contribution < -0.4 is 5.01 Å². The molecule has 0 saturated heterocycles. The molecule has 0 aliphatic carbocycles. The summed E-state index contributed by atoms with van der Waals surface area (Å²) >= 11 is 1.23. The summed E-state index contributed by atoms with van der Waals surface area (Å²) in [7, 11) is 0. The summed E-state index contributed by atoms with van der Waals surface area (Å²) in [6, 6.07) is 11.2. The second-order valence-corrected chi connectivity index (χ2v) is 7.96. The molecule has 4 rings (SSSR count). The van der Waals surface area contributed by atoms with Gasteiger partial charge in [0.25, 0.3) is 11.6 Å². The summed E-state index contributed by atoms with van der Waals surface area (Å²) in [4.78, 5) is 27.9. The van der Waals surface area contributed by atoms with Gasteiger partial charge in [0, 0.05) is 23.1 Å². The number of carbonyl (C=O) groups is 1. The first-order valence-corrected chi connectivity index (χ1v) is 10.3. The minimum absolute atomic E-state index is 0.0231. The van der Waals surface area contributed by atoms with Crippen LogP contribution in [0.5, 0.6) is 0 Å². The molecule has 0 spiro atoms. The largest absolute Gasteiger partial charge is 0.282 e. The van der Waals surface area contributed by atoms with Gasteiger partial charge in [0.1, 0.15) is 0 Å². The number of aromatic nitrogens is 1. The van der Waals surface area contributed by atoms with Gasteiger partial charge < -0.3 is 0 Å². The lowest BCUT2D eigenvalue weighted by molar-refractivity contribution is -0.384. The van der Waals surface area contributed by atoms with Crippen LogP contribution in [0.1, 0.15) is 18.1 Å². The van der Waals surface area contributed by atoms with Gasteiger partial charge in [-0.05, 0) is 32.4 Å². The minimum Gasteiger partial charge on any atom is -0.269 e. The number of carbonyl (C=O) groups excluding carboxylic acids is 1. The third-order valence-electron chi connectivity index (χ3n) is 4.76. The summed E-state index contributed by atoms with van der Waals surface area (Å²) in [6.07, 6.45) is 0. The molecule has 1 aromatic heterocycles. The van der Waals surface area contributed by atoms with Crippen LogP contribution in [0.25, 0.3) is 11.3 Å². The van der Waals surface area contributed by atoms with Crippen molar-refractivity contribution < 1.29 is 9.72 Å². The number of hydrogen-bond donors (Lipinski definition) is 0. The molecular formula is C21H18N6O3S. The van der Waals surface area contributed by atoms with Crippen LogP contribution >= 0.6 is 11.3 Å². The standard InChI is InChI=1S/C21H18N6O3S/c1-12-7-8-17(13(2)9-12)23-24-19-14(3)25-26(20(19)28)21-22-18(11-31-21)15-5-4-6-16(10-15)27(29)30/h4-11,19H,1-3H3. The Kier molecular flexibility index (Phi) is 5.38. The van der Waals surface area contributed by atoms with E-state index in [-0.39, 0.29) is 11.6 Å². The normalized spacial score (nSPS) is 16.2. The molecule has 0 radical (unpaired) electrons. The zero-order chi connectivity index (χ0) is 22.1. The van der Waals surface area contributed by atoms with Crippen LogP contribution in [0.4, 0.5) is 16.5 Å². The van der Waals surface area contributed by atoms with Gasteiger partial charge in [0.05, 0.1) is 22.0 Å². The Labute approximate surface area is 181 Å². The van der Waals surface area contributed by atoms with Gasteiger partial charge in [-0.25, -0.2) is 4.98 Å². The quantitative estimate of drug-likeness (QED) is 0.311. The fraction of sp³-hybridized carbons (Fsp3) is 0.190. The van der Waals surface area contributed by atoms with E-state index in [0.717, 1.165) is 11.1 Å². The predicted molar refractivity (Wildman–Crippen MR) is 119 cm³/mol. The van der Waals surface area contributed by atoms with Gasteiger partial charge in [-0.2, -0.15) is 20.3 Å². The molecular weight excluding hydrogens is 416 g/mol. The second-order valence-electron chi connectivity index (χ2n) is 7.12. The van der Waals surface area contributed by atoms with Gasteiger partial charge >= 0.3 is 0 Å². The first-order chi connectivity index (χ1) is 14.8. The number of benzene rings is 2. The van der Waals surface area contributed by atoms with Crippen molar-refractivity contribution in [2.75, 3.05) is 5.01 Å². The van der Waals surface area contributed by atoms with Crippen molar-refractivity contribution >= 4 is 39.5 Å². The van der Waals surface area contributed by atoms with E-state index in [4.69, 9.17) is 0 Å². The van der Waals surface area contributed by atoms with Gasteiger partial charge in [-0.3, -0.25) is 14.9 Å². The van der Waals surface area contributed by atoms with E-state index < -0.39 is 11.0 Å². The smallest absolute Gasteiger partial charge is 0.269 e. The lowest BCUT2D eigenvalue weighted by Crippen LogP contribution is -2.29. The number of anilines is 1. The third-order valence-corrected chi connectivity index (χ3v) is 5.57. The van der Waals surface area contributed by atoms with Gasteiger partial charge in [-0.1, -0.05) is 29.8 Å². The molecule has 3 aromatic rings. The van der Waals surface area contributed by atoms with Gasteiger partial charge in [0.15, 0.2) is 6.04 Å². The van der Waals surface area contributed by atoms with Gasteiger partial charge in [-0.15, -0.1) is 11.3 Å². The fourth-order valence-corrected chi connectivity index (χ4v) is 3.92. The number of hydrazone groups is 1. The molecule has 9 nitrogen and oxygen atoms in total. The van der Waals surface area contributed by atoms with Crippen molar-refractivity contribution in [3.63, 3.8) is 0 Å². The number of nitro benzene ring substituents is 1. The Morgan fingerprint density at radius 2 is 1.97 bits per heavy atom. The Morgan fingerprint density at radius 3 is 2.71 bits per heavy atom. The van der Waals surface area contributed by atoms with E-state index in [1.807, 2.05) is 32.0 Å². The summed E-state index contributed by atoms with van der Waals surface area (Å²) in [6.45, 7) is 5.66. The van der Waals surface area contributed by atoms with E-state index in [1.54, 1.807) is 24.4 Å². The molecule has 1 aliphatic heterocycles. The molecule has 1 amide bonds. The summed E-state index contributed by atoms with van der Waals surface area (Å²) in [5.41, 5.74) is 4.42. The number of nitro groups is 1. The maximum absolute atomic E-state index is 12.9. The Morgan fingerprint density at radius 1 is 1.16 bits per heavy atom. The highest BCUT2D eigenvalue weighted by Crippen LogP contribution is 2.32. The molecule has 31 heavy (non-hydrogen) atoms. The van der Waals surface area contributed by atoms with Crippen molar-refractivity contribution in [1.82, 2.24) is 4.98 Å². The number of rotatable bonds is 5. The Balaban J connectivity index is 1.56. The summed E-state index contributed by atoms with van der Waals surface area (Å²) in [5, 5.41) is 27.1. The van der Waals surface area contributed by atoms with E-state index in [1.165, 1.54) is 28.5 Å². The fourth-order valence-electron chi connectivity index (χ4n) is 3.14. The molecule has 156 valence electrons. The highest BCUT2D eigenvalue weighted by molar-refractivity contribution is 7.14. The number of thiazole rings is 1. The second kappa shape index (κ2) is 8.15. The number of hydrogen-bond acceptors (Lipinski definition) is 8. The zero-order valence-electron chi connectivity index (χ0n) is 17.0.